The van der Waals surface area contributed by atoms with E-state index in [1.807, 2.05) is 0 Å². The molecule has 1 aromatic rings. The number of hydrogen-bond acceptors (Lipinski definition) is 8. The molecule has 19 heavy (non-hydrogen) atoms. The third-order valence-corrected chi connectivity index (χ3v) is 2.68. The Balaban J connectivity index is 1.86. The molecule has 1 aliphatic rings. The quantitative estimate of drug-likeness (QED) is 0.269. The zero-order valence-electron chi connectivity index (χ0n) is 10.3. The van der Waals surface area contributed by atoms with Crippen molar-refractivity contribution in [2.24, 2.45) is 11.8 Å². The van der Waals surface area contributed by atoms with Crippen molar-refractivity contribution in [1.29, 1.82) is 0 Å². The molecule has 2 rings (SSSR count). The number of aromatic nitrogens is 2. The highest BCUT2D eigenvalue weighted by atomic mass is 16.6. The lowest BCUT2D eigenvalue weighted by molar-refractivity contribution is -0.384. The maximum absolute atomic E-state index is 10.8. The number of nitrogens with one attached hydrogen (secondary N) is 2. The van der Waals surface area contributed by atoms with Gasteiger partial charge >= 0.3 is 5.69 Å². The molecular formula is C10H16N6O3. The Labute approximate surface area is 109 Å². The molecule has 0 radical (unpaired) electrons. The van der Waals surface area contributed by atoms with Gasteiger partial charge in [0.1, 0.15) is 6.20 Å². The van der Waals surface area contributed by atoms with E-state index in [0.717, 1.165) is 12.8 Å². The van der Waals surface area contributed by atoms with Crippen LogP contribution in [0, 0.1) is 16.0 Å². The Hall–Kier alpha value is -2.00. The first-order valence-corrected chi connectivity index (χ1v) is 6.00. The van der Waals surface area contributed by atoms with Crippen LogP contribution in [-0.2, 0) is 4.74 Å². The minimum Gasteiger partial charge on any atom is -0.379 e. The average molecular weight is 268 g/mol. The molecule has 1 heterocycles. The molecule has 0 saturated heterocycles. The number of rotatable bonds is 8. The fourth-order valence-electron chi connectivity index (χ4n) is 1.48. The van der Waals surface area contributed by atoms with Gasteiger partial charge in [0, 0.05) is 13.2 Å². The number of nitrogens with zero attached hydrogens (tertiary/aromatic N) is 3. The third-order valence-electron chi connectivity index (χ3n) is 2.68. The van der Waals surface area contributed by atoms with Crippen LogP contribution in [0.15, 0.2) is 6.20 Å². The molecular weight excluding hydrogens is 252 g/mol. The van der Waals surface area contributed by atoms with Crippen LogP contribution < -0.4 is 16.6 Å². The van der Waals surface area contributed by atoms with Crippen molar-refractivity contribution in [3.63, 3.8) is 0 Å². The molecule has 0 unspecified atom stereocenters. The van der Waals surface area contributed by atoms with Crippen LogP contribution in [0.25, 0.3) is 0 Å². The van der Waals surface area contributed by atoms with Crippen molar-refractivity contribution in [2.75, 3.05) is 30.5 Å². The van der Waals surface area contributed by atoms with Gasteiger partial charge in [-0.3, -0.25) is 15.5 Å². The molecule has 104 valence electrons. The smallest absolute Gasteiger partial charge is 0.329 e. The molecule has 0 aromatic carbocycles. The largest absolute Gasteiger partial charge is 0.379 e. The van der Waals surface area contributed by atoms with Crippen molar-refractivity contribution >= 4 is 17.5 Å². The maximum atomic E-state index is 10.8. The predicted molar refractivity (Wildman–Crippen MR) is 68.5 cm³/mol. The molecule has 9 nitrogen and oxygen atoms in total. The van der Waals surface area contributed by atoms with Gasteiger partial charge in [0.05, 0.1) is 11.5 Å². The Bertz CT molecular complexity index is 451. The topological polar surface area (TPSA) is 128 Å². The van der Waals surface area contributed by atoms with Crippen molar-refractivity contribution in [3.8, 4) is 0 Å². The zero-order valence-corrected chi connectivity index (χ0v) is 10.3. The summed E-state index contributed by atoms with van der Waals surface area (Å²) >= 11 is 0. The monoisotopic (exact) mass is 268 g/mol. The summed E-state index contributed by atoms with van der Waals surface area (Å²) in [6.45, 7) is 1.67. The lowest BCUT2D eigenvalue weighted by atomic mass is 10.4. The maximum Gasteiger partial charge on any atom is 0.329 e. The van der Waals surface area contributed by atoms with Gasteiger partial charge in [-0.1, -0.05) is 0 Å². The minimum atomic E-state index is -0.548. The summed E-state index contributed by atoms with van der Waals surface area (Å²) in [5.74, 6) is 6.11. The molecule has 0 aliphatic heterocycles. The van der Waals surface area contributed by atoms with E-state index >= 15 is 0 Å². The molecule has 1 fully saturated rings. The molecule has 4 N–H and O–H groups in total. The highest BCUT2D eigenvalue weighted by molar-refractivity contribution is 5.56. The Kier molecular flexibility index (Phi) is 4.42. The van der Waals surface area contributed by atoms with Crippen molar-refractivity contribution in [2.45, 2.75) is 12.8 Å². The van der Waals surface area contributed by atoms with E-state index in [0.29, 0.717) is 19.1 Å². The van der Waals surface area contributed by atoms with Gasteiger partial charge < -0.3 is 10.1 Å². The number of hydrogen-bond donors (Lipinski definition) is 3. The summed E-state index contributed by atoms with van der Waals surface area (Å²) in [5, 5.41) is 13.7. The lowest BCUT2D eigenvalue weighted by Gasteiger charge is -2.07. The first-order chi connectivity index (χ1) is 9.20. The summed E-state index contributed by atoms with van der Waals surface area (Å²) in [4.78, 5) is 17.9. The molecule has 0 bridgehead atoms. The van der Waals surface area contributed by atoms with Gasteiger partial charge in [0.25, 0.3) is 0 Å². The Morgan fingerprint density at radius 3 is 3.00 bits per heavy atom. The van der Waals surface area contributed by atoms with Crippen molar-refractivity contribution < 1.29 is 9.66 Å². The fourth-order valence-corrected chi connectivity index (χ4v) is 1.48. The van der Waals surface area contributed by atoms with E-state index in [2.05, 4.69) is 20.7 Å². The Morgan fingerprint density at radius 2 is 2.37 bits per heavy atom. The number of hydrazine groups is 1. The molecule has 0 spiro atoms. The van der Waals surface area contributed by atoms with E-state index in [1.165, 1.54) is 12.8 Å². The summed E-state index contributed by atoms with van der Waals surface area (Å²) in [6, 6.07) is 0. The van der Waals surface area contributed by atoms with E-state index in [-0.39, 0.29) is 17.5 Å². The molecule has 9 heteroatoms. The summed E-state index contributed by atoms with van der Waals surface area (Å²) in [5.41, 5.74) is 2.05. The van der Waals surface area contributed by atoms with Crippen LogP contribution in [0.3, 0.4) is 0 Å². The standard InChI is InChI=1S/C10H16N6O3/c11-15-10-13-5-8(16(17)18)9(14-10)12-3-4-19-6-7-1-2-7/h5,7H,1-4,6,11H2,(H2,12,13,14,15). The highest BCUT2D eigenvalue weighted by Gasteiger charge is 2.21. The van der Waals surface area contributed by atoms with Gasteiger partial charge in [-0.05, 0) is 18.8 Å². The molecule has 0 atom stereocenters. The number of nitro groups is 1. The fraction of sp³-hybridized carbons (Fsp3) is 0.600. The Morgan fingerprint density at radius 1 is 1.58 bits per heavy atom. The number of anilines is 2. The SMILES string of the molecule is NNc1ncc([N+](=O)[O-])c(NCCOCC2CC2)n1. The van der Waals surface area contributed by atoms with E-state index in [9.17, 15) is 10.1 Å². The number of nitrogen functional groups attached to an aromatic ring is 1. The van der Waals surface area contributed by atoms with E-state index < -0.39 is 4.92 Å². The van der Waals surface area contributed by atoms with Gasteiger partial charge in [-0.2, -0.15) is 4.98 Å². The molecule has 0 amide bonds. The molecule has 1 aromatic heterocycles. The zero-order chi connectivity index (χ0) is 13.7. The van der Waals surface area contributed by atoms with Crippen LogP contribution in [0.1, 0.15) is 12.8 Å². The van der Waals surface area contributed by atoms with Gasteiger partial charge in [-0.15, -0.1) is 0 Å². The van der Waals surface area contributed by atoms with E-state index in [4.69, 9.17) is 10.6 Å². The van der Waals surface area contributed by atoms with Gasteiger partial charge in [-0.25, -0.2) is 10.8 Å². The second kappa shape index (κ2) is 6.25. The van der Waals surface area contributed by atoms with Crippen LogP contribution in [0.4, 0.5) is 17.5 Å². The van der Waals surface area contributed by atoms with Crippen molar-refractivity contribution in [1.82, 2.24) is 9.97 Å². The number of nitrogens with two attached hydrogens (primary N) is 1. The first kappa shape index (κ1) is 13.4. The highest BCUT2D eigenvalue weighted by Crippen LogP contribution is 2.28. The third kappa shape index (κ3) is 4.00. The van der Waals surface area contributed by atoms with Crippen LogP contribution in [0.5, 0.6) is 0 Å². The lowest BCUT2D eigenvalue weighted by Crippen LogP contribution is -2.15. The first-order valence-electron chi connectivity index (χ1n) is 6.00. The normalized spacial score (nSPS) is 14.2. The second-order valence-electron chi connectivity index (χ2n) is 4.27. The number of ether oxygens (including phenoxy) is 1. The van der Waals surface area contributed by atoms with E-state index in [1.54, 1.807) is 0 Å². The van der Waals surface area contributed by atoms with Gasteiger partial charge in [0.2, 0.25) is 11.8 Å². The average Bonchev–Trinajstić information content (AvgIpc) is 3.22. The summed E-state index contributed by atoms with van der Waals surface area (Å²) in [6.07, 6.45) is 3.57. The van der Waals surface area contributed by atoms with Gasteiger partial charge in [0.15, 0.2) is 0 Å². The van der Waals surface area contributed by atoms with Crippen LogP contribution in [-0.4, -0.2) is 34.6 Å². The van der Waals surface area contributed by atoms with Crippen molar-refractivity contribution in [3.05, 3.63) is 16.3 Å². The van der Waals surface area contributed by atoms with Crippen LogP contribution >= 0.6 is 0 Å². The molecule has 1 aliphatic carbocycles. The minimum absolute atomic E-state index is 0.118. The summed E-state index contributed by atoms with van der Waals surface area (Å²) < 4.78 is 5.42. The predicted octanol–water partition coefficient (Wildman–Crippen LogP) is 0.509. The molecule has 1 saturated carbocycles. The summed E-state index contributed by atoms with van der Waals surface area (Å²) in [7, 11) is 0. The van der Waals surface area contributed by atoms with Crippen LogP contribution in [0.2, 0.25) is 0 Å². The second-order valence-corrected chi connectivity index (χ2v) is 4.27.